The van der Waals surface area contributed by atoms with Crippen molar-refractivity contribution >= 4 is 6.09 Å². The summed E-state index contributed by atoms with van der Waals surface area (Å²) in [5.41, 5.74) is 0. The van der Waals surface area contributed by atoms with Gasteiger partial charge in [-0.3, -0.25) is 4.90 Å². The SMILES string of the molecule is COC(=O)N1[C@H](C)COC[C@@H]1OC. The molecule has 0 aliphatic carbocycles. The number of carbonyl (C=O) groups is 1. The molecular formula is C8H15NO4. The van der Waals surface area contributed by atoms with Gasteiger partial charge in [0.25, 0.3) is 0 Å². The molecule has 0 bridgehead atoms. The van der Waals surface area contributed by atoms with Gasteiger partial charge in [0.2, 0.25) is 0 Å². The first-order valence-corrected chi connectivity index (χ1v) is 4.17. The number of rotatable bonds is 1. The average Bonchev–Trinajstić information content (AvgIpc) is 2.16. The fourth-order valence-electron chi connectivity index (χ4n) is 1.37. The van der Waals surface area contributed by atoms with Crippen LogP contribution in [0.25, 0.3) is 0 Å². The Bertz CT molecular complexity index is 185. The zero-order valence-corrected chi connectivity index (χ0v) is 8.15. The maximum absolute atomic E-state index is 11.3. The average molecular weight is 189 g/mol. The van der Waals surface area contributed by atoms with Crippen molar-refractivity contribution in [2.24, 2.45) is 0 Å². The summed E-state index contributed by atoms with van der Waals surface area (Å²) < 4.78 is 15.0. The third-order valence-electron chi connectivity index (χ3n) is 2.06. The monoisotopic (exact) mass is 189 g/mol. The fourth-order valence-corrected chi connectivity index (χ4v) is 1.37. The van der Waals surface area contributed by atoms with Gasteiger partial charge in [-0.05, 0) is 6.92 Å². The van der Waals surface area contributed by atoms with Crippen LogP contribution in [0.2, 0.25) is 0 Å². The third-order valence-corrected chi connectivity index (χ3v) is 2.06. The van der Waals surface area contributed by atoms with Crippen molar-refractivity contribution in [2.45, 2.75) is 19.2 Å². The summed E-state index contributed by atoms with van der Waals surface area (Å²) >= 11 is 0. The molecule has 1 heterocycles. The Morgan fingerprint density at radius 3 is 2.69 bits per heavy atom. The lowest BCUT2D eigenvalue weighted by Crippen LogP contribution is -2.54. The van der Waals surface area contributed by atoms with Crippen LogP contribution in [0, 0.1) is 0 Å². The number of amides is 1. The first kappa shape index (κ1) is 10.3. The van der Waals surface area contributed by atoms with Crippen LogP contribution in [-0.4, -0.2) is 50.7 Å². The van der Waals surface area contributed by atoms with Crippen LogP contribution in [-0.2, 0) is 14.2 Å². The topological polar surface area (TPSA) is 48.0 Å². The molecule has 5 heteroatoms. The van der Waals surface area contributed by atoms with Gasteiger partial charge in [0, 0.05) is 7.11 Å². The van der Waals surface area contributed by atoms with Gasteiger partial charge in [-0.2, -0.15) is 0 Å². The Morgan fingerprint density at radius 1 is 1.46 bits per heavy atom. The molecule has 1 fully saturated rings. The Balaban J connectivity index is 2.67. The number of hydrogen-bond acceptors (Lipinski definition) is 4. The number of nitrogens with zero attached hydrogens (tertiary/aromatic N) is 1. The van der Waals surface area contributed by atoms with Crippen molar-refractivity contribution in [1.82, 2.24) is 4.90 Å². The second-order valence-electron chi connectivity index (χ2n) is 2.95. The van der Waals surface area contributed by atoms with Gasteiger partial charge in [-0.1, -0.05) is 0 Å². The van der Waals surface area contributed by atoms with Crippen LogP contribution in [0.15, 0.2) is 0 Å². The highest BCUT2D eigenvalue weighted by Gasteiger charge is 2.33. The smallest absolute Gasteiger partial charge is 0.411 e. The maximum atomic E-state index is 11.3. The van der Waals surface area contributed by atoms with Gasteiger partial charge in [0.1, 0.15) is 0 Å². The molecule has 0 aromatic rings. The van der Waals surface area contributed by atoms with E-state index in [0.29, 0.717) is 13.2 Å². The Hall–Kier alpha value is -0.810. The predicted molar refractivity (Wildman–Crippen MR) is 45.3 cm³/mol. The number of ether oxygens (including phenoxy) is 3. The number of methoxy groups -OCH3 is 2. The van der Waals surface area contributed by atoms with Crippen LogP contribution >= 0.6 is 0 Å². The third kappa shape index (κ3) is 2.10. The molecule has 0 radical (unpaired) electrons. The molecule has 0 saturated carbocycles. The van der Waals surface area contributed by atoms with E-state index in [2.05, 4.69) is 4.74 Å². The van der Waals surface area contributed by atoms with E-state index in [0.717, 1.165) is 0 Å². The van der Waals surface area contributed by atoms with Gasteiger partial charge >= 0.3 is 6.09 Å². The number of morpholine rings is 1. The van der Waals surface area contributed by atoms with Crippen LogP contribution < -0.4 is 0 Å². The van der Waals surface area contributed by atoms with Crippen molar-refractivity contribution in [3.8, 4) is 0 Å². The molecule has 13 heavy (non-hydrogen) atoms. The summed E-state index contributed by atoms with van der Waals surface area (Å²) in [6.45, 7) is 2.81. The molecule has 0 aromatic heterocycles. The zero-order valence-electron chi connectivity index (χ0n) is 8.15. The summed E-state index contributed by atoms with van der Waals surface area (Å²) in [5.74, 6) is 0. The fraction of sp³-hybridized carbons (Fsp3) is 0.875. The van der Waals surface area contributed by atoms with Crippen molar-refractivity contribution in [1.29, 1.82) is 0 Å². The van der Waals surface area contributed by atoms with Gasteiger partial charge in [0.15, 0.2) is 6.23 Å². The lowest BCUT2D eigenvalue weighted by Gasteiger charge is -2.37. The minimum atomic E-state index is -0.373. The van der Waals surface area contributed by atoms with E-state index < -0.39 is 0 Å². The van der Waals surface area contributed by atoms with Crippen molar-refractivity contribution in [3.63, 3.8) is 0 Å². The highest BCUT2D eigenvalue weighted by molar-refractivity contribution is 5.68. The number of carbonyl (C=O) groups excluding carboxylic acids is 1. The first-order valence-electron chi connectivity index (χ1n) is 4.17. The molecule has 1 aliphatic rings. The predicted octanol–water partition coefficient (Wildman–Crippen LogP) is 0.446. The standard InChI is InChI=1S/C8H15NO4/c1-6-4-13-5-7(11-2)9(6)8(10)12-3/h6-7H,4-5H2,1-3H3/t6-,7+/m1/s1. The van der Waals surface area contributed by atoms with Gasteiger partial charge in [0.05, 0.1) is 26.4 Å². The van der Waals surface area contributed by atoms with E-state index >= 15 is 0 Å². The largest absolute Gasteiger partial charge is 0.453 e. The van der Waals surface area contributed by atoms with Crippen molar-refractivity contribution in [2.75, 3.05) is 27.4 Å². The maximum Gasteiger partial charge on any atom is 0.411 e. The van der Waals surface area contributed by atoms with Gasteiger partial charge in [-0.25, -0.2) is 4.79 Å². The van der Waals surface area contributed by atoms with E-state index in [9.17, 15) is 4.79 Å². The molecular weight excluding hydrogens is 174 g/mol. The highest BCUT2D eigenvalue weighted by Crippen LogP contribution is 2.14. The van der Waals surface area contributed by atoms with E-state index in [1.807, 2.05) is 6.92 Å². The van der Waals surface area contributed by atoms with Gasteiger partial charge in [-0.15, -0.1) is 0 Å². The minimum absolute atomic E-state index is 0.00819. The molecule has 0 N–H and O–H groups in total. The second kappa shape index (κ2) is 4.43. The first-order chi connectivity index (χ1) is 6.20. The summed E-state index contributed by atoms with van der Waals surface area (Å²) in [6.07, 6.45) is -0.709. The molecule has 0 unspecified atom stereocenters. The normalized spacial score (nSPS) is 28.7. The molecule has 5 nitrogen and oxygen atoms in total. The van der Waals surface area contributed by atoms with Crippen molar-refractivity contribution < 1.29 is 19.0 Å². The van der Waals surface area contributed by atoms with Crippen LogP contribution in [0.4, 0.5) is 4.79 Å². The van der Waals surface area contributed by atoms with Crippen molar-refractivity contribution in [3.05, 3.63) is 0 Å². The van der Waals surface area contributed by atoms with Crippen LogP contribution in [0.5, 0.6) is 0 Å². The van der Waals surface area contributed by atoms with Crippen LogP contribution in [0.1, 0.15) is 6.92 Å². The van der Waals surface area contributed by atoms with E-state index in [1.165, 1.54) is 7.11 Å². The molecule has 1 saturated heterocycles. The second-order valence-corrected chi connectivity index (χ2v) is 2.95. The molecule has 0 aromatic carbocycles. The molecule has 0 spiro atoms. The Labute approximate surface area is 77.6 Å². The lowest BCUT2D eigenvalue weighted by atomic mass is 10.2. The van der Waals surface area contributed by atoms with Crippen LogP contribution in [0.3, 0.4) is 0 Å². The molecule has 2 atom stereocenters. The summed E-state index contributed by atoms with van der Waals surface area (Å²) in [4.78, 5) is 12.9. The molecule has 1 rings (SSSR count). The minimum Gasteiger partial charge on any atom is -0.453 e. The van der Waals surface area contributed by atoms with E-state index in [-0.39, 0.29) is 18.4 Å². The van der Waals surface area contributed by atoms with E-state index in [1.54, 1.807) is 12.0 Å². The van der Waals surface area contributed by atoms with Gasteiger partial charge < -0.3 is 14.2 Å². The summed E-state index contributed by atoms with van der Waals surface area (Å²) in [5, 5.41) is 0. The molecule has 1 amide bonds. The zero-order chi connectivity index (χ0) is 9.84. The lowest BCUT2D eigenvalue weighted by molar-refractivity contribution is -0.133. The highest BCUT2D eigenvalue weighted by atomic mass is 16.6. The molecule has 1 aliphatic heterocycles. The Morgan fingerprint density at radius 2 is 2.15 bits per heavy atom. The Kier molecular flexibility index (Phi) is 3.50. The summed E-state index contributed by atoms with van der Waals surface area (Å²) in [6, 6.07) is -0.00819. The quantitative estimate of drug-likeness (QED) is 0.600. The van der Waals surface area contributed by atoms with E-state index in [4.69, 9.17) is 9.47 Å². The number of hydrogen-bond donors (Lipinski definition) is 0. The summed E-state index contributed by atoms with van der Waals surface area (Å²) in [7, 11) is 2.90. The molecule has 76 valence electrons.